The number of nitrogens with zero attached hydrogens (tertiary/aromatic N) is 2. The third-order valence-electron chi connectivity index (χ3n) is 2.25. The van der Waals surface area contributed by atoms with Gasteiger partial charge in [-0.2, -0.15) is 0 Å². The molecule has 9 nitrogen and oxygen atoms in total. The number of ether oxygens (including phenoxy) is 1. The Morgan fingerprint density at radius 1 is 1.53 bits per heavy atom. The fourth-order valence-electron chi connectivity index (χ4n) is 1.26. The summed E-state index contributed by atoms with van der Waals surface area (Å²) < 4.78 is 5.54. The van der Waals surface area contributed by atoms with Gasteiger partial charge in [-0.25, -0.2) is 4.79 Å². The molecule has 1 N–H and O–H groups in total. The van der Waals surface area contributed by atoms with Crippen molar-refractivity contribution in [3.05, 3.63) is 37.1 Å². The number of rotatable bonds is 6. The maximum Gasteiger partial charge on any atom is 0.350 e. The topological polar surface area (TPSA) is 124 Å². The van der Waals surface area contributed by atoms with Gasteiger partial charge in [0.1, 0.15) is 6.54 Å². The summed E-state index contributed by atoms with van der Waals surface area (Å²) in [6.07, 6.45) is 2.26. The van der Waals surface area contributed by atoms with E-state index in [1.54, 1.807) is 4.98 Å². The second-order valence-electron chi connectivity index (χ2n) is 3.73. The molecule has 9 heteroatoms. The van der Waals surface area contributed by atoms with Gasteiger partial charge in [-0.1, -0.05) is 13.3 Å². The number of aromatic nitrogens is 2. The molecule has 104 valence electrons. The number of carbonyl (C=O) groups is 1. The molecule has 0 amide bonds. The van der Waals surface area contributed by atoms with Crippen LogP contribution >= 0.6 is 0 Å². The minimum atomic E-state index is -1.11. The third-order valence-corrected chi connectivity index (χ3v) is 2.25. The number of nitro groups is 1. The predicted octanol–water partition coefficient (Wildman–Crippen LogP) is -0.212. The van der Waals surface area contributed by atoms with Crippen molar-refractivity contribution >= 4 is 11.7 Å². The number of carbonyl (C=O) groups excluding carboxylic acids is 1. The molecule has 0 aliphatic carbocycles. The smallest absolute Gasteiger partial charge is 0.350 e. The first-order chi connectivity index (χ1) is 8.95. The van der Waals surface area contributed by atoms with Crippen LogP contribution in [0, 0.1) is 10.1 Å². The largest absolute Gasteiger partial charge is 0.464 e. The average Bonchev–Trinajstić information content (AvgIpc) is 2.32. The van der Waals surface area contributed by atoms with Crippen molar-refractivity contribution < 1.29 is 14.5 Å². The van der Waals surface area contributed by atoms with E-state index in [-0.39, 0.29) is 6.61 Å². The predicted molar refractivity (Wildman–Crippen MR) is 63.8 cm³/mol. The van der Waals surface area contributed by atoms with Crippen molar-refractivity contribution in [1.82, 2.24) is 9.55 Å². The van der Waals surface area contributed by atoms with Crippen molar-refractivity contribution in [2.24, 2.45) is 0 Å². The van der Waals surface area contributed by atoms with Crippen LogP contribution in [0.1, 0.15) is 19.8 Å². The first kappa shape index (κ1) is 14.6. The maximum absolute atomic E-state index is 11.4. The zero-order valence-corrected chi connectivity index (χ0v) is 10.2. The van der Waals surface area contributed by atoms with Crippen molar-refractivity contribution in [2.75, 3.05) is 6.61 Å². The van der Waals surface area contributed by atoms with E-state index in [0.29, 0.717) is 6.42 Å². The summed E-state index contributed by atoms with van der Waals surface area (Å²) in [4.78, 5) is 45.2. The molecule has 0 aliphatic rings. The van der Waals surface area contributed by atoms with Gasteiger partial charge in [0.2, 0.25) is 0 Å². The Balaban J connectivity index is 2.87. The van der Waals surface area contributed by atoms with E-state index in [0.717, 1.165) is 17.2 Å². The van der Waals surface area contributed by atoms with Crippen LogP contribution in [-0.2, 0) is 16.1 Å². The molecule has 0 bridgehead atoms. The molecule has 0 spiro atoms. The van der Waals surface area contributed by atoms with Gasteiger partial charge < -0.3 is 4.74 Å². The molecule has 0 saturated carbocycles. The Kier molecular flexibility index (Phi) is 4.98. The molecular formula is C10H13N3O6. The molecule has 0 fully saturated rings. The van der Waals surface area contributed by atoms with Crippen LogP contribution in [0.15, 0.2) is 15.8 Å². The van der Waals surface area contributed by atoms with Crippen molar-refractivity contribution in [2.45, 2.75) is 26.3 Å². The zero-order chi connectivity index (χ0) is 14.4. The van der Waals surface area contributed by atoms with E-state index in [9.17, 15) is 24.5 Å². The Morgan fingerprint density at radius 3 is 2.79 bits per heavy atom. The summed E-state index contributed by atoms with van der Waals surface area (Å²) in [7, 11) is 0. The zero-order valence-electron chi connectivity index (χ0n) is 10.2. The lowest BCUT2D eigenvalue weighted by Gasteiger charge is -2.05. The van der Waals surface area contributed by atoms with Gasteiger partial charge in [0.25, 0.3) is 0 Å². The van der Waals surface area contributed by atoms with Crippen LogP contribution < -0.4 is 11.2 Å². The highest BCUT2D eigenvalue weighted by Gasteiger charge is 2.16. The summed E-state index contributed by atoms with van der Waals surface area (Å²) in [5, 5.41) is 10.5. The minimum absolute atomic E-state index is 0.218. The summed E-state index contributed by atoms with van der Waals surface area (Å²) in [5.74, 6) is -0.697. The van der Waals surface area contributed by atoms with E-state index in [4.69, 9.17) is 4.74 Å². The molecule has 0 radical (unpaired) electrons. The van der Waals surface area contributed by atoms with E-state index in [2.05, 4.69) is 0 Å². The second-order valence-corrected chi connectivity index (χ2v) is 3.73. The lowest BCUT2D eigenvalue weighted by atomic mass is 10.4. The molecular weight excluding hydrogens is 258 g/mol. The van der Waals surface area contributed by atoms with Crippen LogP contribution in [0.5, 0.6) is 0 Å². The summed E-state index contributed by atoms with van der Waals surface area (Å²) in [5.41, 5.74) is -2.81. The van der Waals surface area contributed by atoms with E-state index in [1.807, 2.05) is 6.92 Å². The first-order valence-corrected chi connectivity index (χ1v) is 5.59. The van der Waals surface area contributed by atoms with Gasteiger partial charge in [-0.05, 0) is 6.42 Å². The normalized spacial score (nSPS) is 10.2. The van der Waals surface area contributed by atoms with Crippen molar-refractivity contribution in [3.8, 4) is 0 Å². The number of aromatic amines is 1. The lowest BCUT2D eigenvalue weighted by Crippen LogP contribution is -2.33. The first-order valence-electron chi connectivity index (χ1n) is 5.59. The molecule has 0 saturated heterocycles. The number of hydrogen-bond donors (Lipinski definition) is 1. The molecule has 0 atom stereocenters. The quantitative estimate of drug-likeness (QED) is 0.330. The Hall–Kier alpha value is -2.45. The second kappa shape index (κ2) is 6.47. The average molecular weight is 271 g/mol. The van der Waals surface area contributed by atoms with Crippen molar-refractivity contribution in [1.29, 1.82) is 0 Å². The van der Waals surface area contributed by atoms with E-state index < -0.39 is 34.4 Å². The molecule has 0 aromatic carbocycles. The van der Waals surface area contributed by atoms with E-state index in [1.165, 1.54) is 0 Å². The minimum Gasteiger partial charge on any atom is -0.464 e. The Labute approximate surface area is 107 Å². The van der Waals surface area contributed by atoms with Crippen LogP contribution in [0.4, 0.5) is 5.69 Å². The molecule has 19 heavy (non-hydrogen) atoms. The van der Waals surface area contributed by atoms with Gasteiger partial charge in [0, 0.05) is 0 Å². The number of H-pyrrole nitrogens is 1. The molecule has 1 rings (SSSR count). The number of esters is 1. The fraction of sp³-hybridized carbons (Fsp3) is 0.500. The summed E-state index contributed by atoms with van der Waals surface area (Å²) >= 11 is 0. The summed E-state index contributed by atoms with van der Waals surface area (Å²) in [6.45, 7) is 1.65. The van der Waals surface area contributed by atoms with Crippen LogP contribution in [0.2, 0.25) is 0 Å². The molecule has 1 heterocycles. The highest BCUT2D eigenvalue weighted by molar-refractivity contribution is 5.69. The molecule has 1 aromatic heterocycles. The molecule has 0 aliphatic heterocycles. The Bertz CT molecular complexity index is 588. The van der Waals surface area contributed by atoms with E-state index >= 15 is 0 Å². The van der Waals surface area contributed by atoms with Gasteiger partial charge in [-0.15, -0.1) is 0 Å². The van der Waals surface area contributed by atoms with Crippen molar-refractivity contribution in [3.63, 3.8) is 0 Å². The molecule has 1 aromatic rings. The fourth-order valence-corrected chi connectivity index (χ4v) is 1.26. The monoisotopic (exact) mass is 271 g/mol. The SMILES string of the molecule is CCCCOC(=O)Cn1cc([N+](=O)[O-])c(=O)[nH]c1=O. The van der Waals surface area contributed by atoms with Crippen LogP contribution in [0.3, 0.4) is 0 Å². The highest BCUT2D eigenvalue weighted by atomic mass is 16.6. The number of unbranched alkanes of at least 4 members (excludes halogenated alkanes) is 1. The lowest BCUT2D eigenvalue weighted by molar-refractivity contribution is -0.386. The van der Waals surface area contributed by atoms with Gasteiger partial charge in [0.15, 0.2) is 0 Å². The standard InChI is InChI=1S/C10H13N3O6/c1-2-3-4-19-8(14)6-12-5-7(13(17)18)9(15)11-10(12)16/h5H,2-4,6H2,1H3,(H,11,15,16). The van der Waals surface area contributed by atoms with Gasteiger partial charge in [-0.3, -0.25) is 29.3 Å². The Morgan fingerprint density at radius 2 is 2.21 bits per heavy atom. The number of nitrogens with one attached hydrogen (secondary N) is 1. The number of hydrogen-bond acceptors (Lipinski definition) is 6. The van der Waals surface area contributed by atoms with Gasteiger partial charge >= 0.3 is 22.9 Å². The van der Waals surface area contributed by atoms with Gasteiger partial charge in [0.05, 0.1) is 17.7 Å². The summed E-state index contributed by atoms with van der Waals surface area (Å²) in [6, 6.07) is 0. The van der Waals surface area contributed by atoms with Crippen LogP contribution in [0.25, 0.3) is 0 Å². The molecule has 0 unspecified atom stereocenters. The van der Waals surface area contributed by atoms with Crippen LogP contribution in [-0.4, -0.2) is 27.1 Å². The third kappa shape index (κ3) is 4.05. The highest BCUT2D eigenvalue weighted by Crippen LogP contribution is 1.99. The maximum atomic E-state index is 11.4.